The van der Waals surface area contributed by atoms with Crippen molar-refractivity contribution < 1.29 is 27.9 Å². The standard InChI is InChI=1S/C19H19O7P/c1-22-12-6-4-11(5-7-12)18-19(24-3)17(20)16-14(23-2)8-13(25-10-27-21)9-15(16)26-18/h4-9H,10,27H2,1-3H3. The van der Waals surface area contributed by atoms with Crippen LogP contribution in [0.15, 0.2) is 45.6 Å². The largest absolute Gasteiger partial charge is 0.497 e. The van der Waals surface area contributed by atoms with E-state index in [-0.39, 0.29) is 40.0 Å². The van der Waals surface area contributed by atoms with E-state index in [0.717, 1.165) is 0 Å². The predicted molar refractivity (Wildman–Crippen MR) is 103 cm³/mol. The molecule has 0 aliphatic heterocycles. The molecule has 2 aromatic carbocycles. The van der Waals surface area contributed by atoms with Crippen LogP contribution in [0.2, 0.25) is 0 Å². The van der Waals surface area contributed by atoms with Crippen molar-refractivity contribution in [3.05, 3.63) is 46.6 Å². The highest BCUT2D eigenvalue weighted by molar-refractivity contribution is 7.23. The van der Waals surface area contributed by atoms with Gasteiger partial charge in [0.2, 0.25) is 11.2 Å². The van der Waals surface area contributed by atoms with Gasteiger partial charge in [-0.2, -0.15) is 0 Å². The summed E-state index contributed by atoms with van der Waals surface area (Å²) < 4.78 is 38.0. The zero-order chi connectivity index (χ0) is 19.4. The lowest BCUT2D eigenvalue weighted by atomic mass is 10.1. The second kappa shape index (κ2) is 8.18. The van der Waals surface area contributed by atoms with Gasteiger partial charge in [0.25, 0.3) is 0 Å². The van der Waals surface area contributed by atoms with E-state index < -0.39 is 8.46 Å². The van der Waals surface area contributed by atoms with Crippen LogP contribution in [0.1, 0.15) is 0 Å². The number of ether oxygens (including phenoxy) is 4. The highest BCUT2D eigenvalue weighted by Crippen LogP contribution is 2.36. The Morgan fingerprint density at radius 2 is 1.70 bits per heavy atom. The molecule has 0 aliphatic rings. The highest BCUT2D eigenvalue weighted by Gasteiger charge is 2.21. The average molecular weight is 390 g/mol. The van der Waals surface area contributed by atoms with Crippen LogP contribution >= 0.6 is 8.46 Å². The maximum Gasteiger partial charge on any atom is 0.239 e. The fraction of sp³-hybridized carbons (Fsp3) is 0.211. The van der Waals surface area contributed by atoms with Crippen LogP contribution in [0.25, 0.3) is 22.3 Å². The first-order valence-corrected chi connectivity index (χ1v) is 9.35. The molecule has 0 radical (unpaired) electrons. The van der Waals surface area contributed by atoms with Gasteiger partial charge in [-0.05, 0) is 24.3 Å². The van der Waals surface area contributed by atoms with Gasteiger partial charge in [-0.15, -0.1) is 0 Å². The molecular weight excluding hydrogens is 371 g/mol. The SMILES string of the molecule is COc1ccc(-c2oc3cc(OC[PH2]=O)cc(OC)c3c(=O)c2OC)cc1. The molecule has 7 nitrogen and oxygen atoms in total. The minimum absolute atomic E-state index is 0.0728. The maximum atomic E-state index is 13.0. The molecule has 0 saturated carbocycles. The van der Waals surface area contributed by atoms with E-state index in [2.05, 4.69) is 0 Å². The minimum atomic E-state index is -1.06. The van der Waals surface area contributed by atoms with E-state index in [0.29, 0.717) is 17.1 Å². The Labute approximate surface area is 156 Å². The van der Waals surface area contributed by atoms with Crippen molar-refractivity contribution in [1.29, 1.82) is 0 Å². The van der Waals surface area contributed by atoms with Crippen LogP contribution in [0.3, 0.4) is 0 Å². The summed E-state index contributed by atoms with van der Waals surface area (Å²) in [5.74, 6) is 1.72. The second-order valence-electron chi connectivity index (χ2n) is 5.50. The van der Waals surface area contributed by atoms with Gasteiger partial charge < -0.3 is 27.9 Å². The van der Waals surface area contributed by atoms with Gasteiger partial charge in [0.05, 0.1) is 21.3 Å². The zero-order valence-corrected chi connectivity index (χ0v) is 16.3. The van der Waals surface area contributed by atoms with E-state index >= 15 is 0 Å². The van der Waals surface area contributed by atoms with Gasteiger partial charge in [0, 0.05) is 17.7 Å². The van der Waals surface area contributed by atoms with Gasteiger partial charge >= 0.3 is 0 Å². The lowest BCUT2D eigenvalue weighted by Crippen LogP contribution is -2.09. The van der Waals surface area contributed by atoms with Crippen LogP contribution in [0, 0.1) is 0 Å². The molecule has 8 heteroatoms. The molecule has 0 amide bonds. The summed E-state index contributed by atoms with van der Waals surface area (Å²) in [6, 6.07) is 10.2. The predicted octanol–water partition coefficient (Wildman–Crippen LogP) is 3.58. The zero-order valence-electron chi connectivity index (χ0n) is 15.1. The van der Waals surface area contributed by atoms with Gasteiger partial charge in [-0.25, -0.2) is 0 Å². The number of methoxy groups -OCH3 is 3. The molecule has 1 aromatic heterocycles. The molecule has 0 spiro atoms. The number of hydrogen-bond donors (Lipinski definition) is 0. The van der Waals surface area contributed by atoms with E-state index in [4.69, 9.17) is 23.4 Å². The summed E-state index contributed by atoms with van der Waals surface area (Å²) >= 11 is 0. The Hall–Kier alpha value is -2.92. The van der Waals surface area contributed by atoms with Gasteiger partial charge in [0.15, 0.2) is 5.76 Å². The third-order valence-corrected chi connectivity index (χ3v) is 4.29. The molecule has 3 aromatic rings. The second-order valence-corrected chi connectivity index (χ2v) is 6.17. The maximum absolute atomic E-state index is 13.0. The van der Waals surface area contributed by atoms with Crippen LogP contribution in [0.5, 0.6) is 23.0 Å². The molecular formula is C19H19O7P. The molecule has 0 N–H and O–H groups in total. The van der Waals surface area contributed by atoms with Gasteiger partial charge in [-0.1, -0.05) is 0 Å². The minimum Gasteiger partial charge on any atom is -0.497 e. The van der Waals surface area contributed by atoms with Crippen LogP contribution in [0.4, 0.5) is 0 Å². The Balaban J connectivity index is 2.27. The fourth-order valence-corrected chi connectivity index (χ4v) is 3.00. The summed E-state index contributed by atoms with van der Waals surface area (Å²) in [5.41, 5.74) is 0.574. The smallest absolute Gasteiger partial charge is 0.239 e. The first kappa shape index (κ1) is 18.9. The Morgan fingerprint density at radius 3 is 2.30 bits per heavy atom. The van der Waals surface area contributed by atoms with Gasteiger partial charge in [0.1, 0.15) is 43.0 Å². The normalized spacial score (nSPS) is 11.1. The third-order valence-electron chi connectivity index (χ3n) is 3.99. The van der Waals surface area contributed by atoms with E-state index in [9.17, 15) is 9.36 Å². The fourth-order valence-electron chi connectivity index (χ4n) is 2.74. The number of fused-ring (bicyclic) bond motifs is 1. The Kier molecular flexibility index (Phi) is 5.72. The first-order chi connectivity index (χ1) is 13.1. The van der Waals surface area contributed by atoms with Crippen LogP contribution in [-0.2, 0) is 4.57 Å². The lowest BCUT2D eigenvalue weighted by Gasteiger charge is -2.13. The average Bonchev–Trinajstić information content (AvgIpc) is 2.71. The Bertz CT molecular complexity index is 1020. The Morgan fingerprint density at radius 1 is 0.963 bits per heavy atom. The molecule has 0 aliphatic carbocycles. The van der Waals surface area contributed by atoms with Crippen LogP contribution < -0.4 is 24.4 Å². The first-order valence-electron chi connectivity index (χ1n) is 8.06. The molecule has 0 bridgehead atoms. The quantitative estimate of drug-likeness (QED) is 0.570. The van der Waals surface area contributed by atoms with E-state index in [1.165, 1.54) is 14.2 Å². The van der Waals surface area contributed by atoms with Crippen molar-refractivity contribution in [2.24, 2.45) is 0 Å². The molecule has 0 fully saturated rings. The van der Waals surface area contributed by atoms with Crippen molar-refractivity contribution in [2.75, 3.05) is 27.7 Å². The summed E-state index contributed by atoms with van der Waals surface area (Å²) in [5, 5.41) is 0.244. The third kappa shape index (κ3) is 3.64. The lowest BCUT2D eigenvalue weighted by molar-refractivity contribution is 0.374. The van der Waals surface area contributed by atoms with Crippen molar-refractivity contribution >= 4 is 19.4 Å². The summed E-state index contributed by atoms with van der Waals surface area (Å²) in [7, 11) is 3.37. The number of hydrogen-bond acceptors (Lipinski definition) is 7. The molecule has 0 saturated heterocycles. The molecule has 1 atom stereocenters. The number of benzene rings is 2. The molecule has 142 valence electrons. The van der Waals surface area contributed by atoms with Gasteiger partial charge in [-0.3, -0.25) is 4.79 Å². The van der Waals surface area contributed by atoms with E-state index in [1.807, 2.05) is 0 Å². The van der Waals surface area contributed by atoms with Crippen molar-refractivity contribution in [3.63, 3.8) is 0 Å². The summed E-state index contributed by atoms with van der Waals surface area (Å²) in [6.45, 7) is 0. The molecule has 1 heterocycles. The van der Waals surface area contributed by atoms with Crippen molar-refractivity contribution in [2.45, 2.75) is 0 Å². The topological polar surface area (TPSA) is 84.2 Å². The van der Waals surface area contributed by atoms with Crippen molar-refractivity contribution in [1.82, 2.24) is 0 Å². The highest BCUT2D eigenvalue weighted by atomic mass is 31.1. The van der Waals surface area contributed by atoms with Crippen molar-refractivity contribution in [3.8, 4) is 34.3 Å². The monoisotopic (exact) mass is 390 g/mol. The summed E-state index contributed by atoms with van der Waals surface area (Å²) in [6.07, 6.45) is 0.0837. The van der Waals surface area contributed by atoms with Crippen LogP contribution in [-0.4, -0.2) is 27.7 Å². The van der Waals surface area contributed by atoms with E-state index in [1.54, 1.807) is 43.5 Å². The number of rotatable bonds is 7. The molecule has 1 unspecified atom stereocenters. The molecule has 27 heavy (non-hydrogen) atoms. The summed E-state index contributed by atoms with van der Waals surface area (Å²) in [4.78, 5) is 13.0. The molecule has 3 rings (SSSR count).